The van der Waals surface area contributed by atoms with Gasteiger partial charge in [-0.25, -0.2) is 8.78 Å². The van der Waals surface area contributed by atoms with Crippen LogP contribution in [0.1, 0.15) is 24.5 Å². The highest BCUT2D eigenvalue weighted by atomic mass is 19.1. The maximum absolute atomic E-state index is 14.9. The van der Waals surface area contributed by atoms with Crippen molar-refractivity contribution in [2.75, 3.05) is 13.1 Å². The van der Waals surface area contributed by atoms with Crippen molar-refractivity contribution in [2.24, 2.45) is 7.05 Å². The molecule has 0 amide bonds. The first-order valence-electron chi connectivity index (χ1n) is 9.39. The quantitative estimate of drug-likeness (QED) is 0.573. The van der Waals surface area contributed by atoms with Gasteiger partial charge in [0.05, 0.1) is 16.7 Å². The monoisotopic (exact) mass is 379 g/mol. The van der Waals surface area contributed by atoms with E-state index >= 15 is 0 Å². The number of aromatic nitrogens is 4. The summed E-state index contributed by atoms with van der Waals surface area (Å²) in [4.78, 5) is 0. The van der Waals surface area contributed by atoms with Crippen LogP contribution < -0.4 is 5.32 Å². The fourth-order valence-electron chi connectivity index (χ4n) is 3.98. The van der Waals surface area contributed by atoms with Gasteiger partial charge in [0.15, 0.2) is 0 Å². The number of nitrogens with zero attached hydrogens (tertiary/aromatic N) is 4. The highest BCUT2D eigenvalue weighted by Crippen LogP contribution is 2.32. The molecule has 5 rings (SSSR count). The Balaban J connectivity index is 1.60. The molecule has 142 valence electrons. The van der Waals surface area contributed by atoms with E-state index in [0.29, 0.717) is 33.5 Å². The molecule has 1 aliphatic rings. The molecule has 0 unspecified atom stereocenters. The third kappa shape index (κ3) is 2.92. The van der Waals surface area contributed by atoms with Crippen LogP contribution in [0.25, 0.3) is 32.9 Å². The molecule has 2 aromatic carbocycles. The first-order chi connectivity index (χ1) is 13.6. The van der Waals surface area contributed by atoms with Crippen molar-refractivity contribution >= 4 is 21.8 Å². The van der Waals surface area contributed by atoms with Crippen LogP contribution in [0.5, 0.6) is 0 Å². The van der Waals surface area contributed by atoms with Crippen LogP contribution in [0, 0.1) is 11.6 Å². The standard InChI is InChI=1S/C21H19F2N5/c1-28-11-14-6-15(18(23)10-20(14)27-28)13-7-17(22)16-9-19(25-26-21(16)8-13)12-2-4-24-5-3-12/h6-12,24H,2-5H2,1H3. The van der Waals surface area contributed by atoms with Crippen LogP contribution in [-0.4, -0.2) is 33.1 Å². The Morgan fingerprint density at radius 1 is 0.964 bits per heavy atom. The van der Waals surface area contributed by atoms with E-state index in [1.54, 1.807) is 36.1 Å². The molecular formula is C21H19F2N5. The molecule has 0 spiro atoms. The molecule has 2 aromatic heterocycles. The first kappa shape index (κ1) is 17.2. The van der Waals surface area contributed by atoms with Crippen molar-refractivity contribution in [3.63, 3.8) is 0 Å². The molecule has 0 aliphatic carbocycles. The van der Waals surface area contributed by atoms with Gasteiger partial charge in [0, 0.05) is 41.6 Å². The minimum Gasteiger partial charge on any atom is -0.317 e. The van der Waals surface area contributed by atoms with Gasteiger partial charge in [-0.05, 0) is 55.8 Å². The summed E-state index contributed by atoms with van der Waals surface area (Å²) in [6.07, 6.45) is 3.74. The van der Waals surface area contributed by atoms with Crippen LogP contribution >= 0.6 is 0 Å². The zero-order chi connectivity index (χ0) is 19.3. The molecule has 0 bridgehead atoms. The van der Waals surface area contributed by atoms with Crippen molar-refractivity contribution in [3.8, 4) is 11.1 Å². The largest absolute Gasteiger partial charge is 0.317 e. The van der Waals surface area contributed by atoms with Crippen molar-refractivity contribution in [1.82, 2.24) is 25.3 Å². The fourth-order valence-corrected chi connectivity index (χ4v) is 3.98. The predicted octanol–water partition coefficient (Wildman–Crippen LogP) is 3.93. The maximum atomic E-state index is 14.9. The Morgan fingerprint density at radius 3 is 2.61 bits per heavy atom. The Hall–Kier alpha value is -2.93. The first-order valence-corrected chi connectivity index (χ1v) is 9.39. The van der Waals surface area contributed by atoms with E-state index in [4.69, 9.17) is 0 Å². The lowest BCUT2D eigenvalue weighted by atomic mass is 9.93. The van der Waals surface area contributed by atoms with Gasteiger partial charge in [-0.2, -0.15) is 15.3 Å². The molecule has 0 radical (unpaired) electrons. The normalized spacial score (nSPS) is 15.5. The number of hydrogen-bond donors (Lipinski definition) is 1. The van der Waals surface area contributed by atoms with Crippen LogP contribution in [0.15, 0.2) is 36.5 Å². The zero-order valence-corrected chi connectivity index (χ0v) is 15.4. The average molecular weight is 379 g/mol. The lowest BCUT2D eigenvalue weighted by Crippen LogP contribution is -2.27. The second-order valence-corrected chi connectivity index (χ2v) is 7.38. The molecule has 0 atom stereocenters. The van der Waals surface area contributed by atoms with Gasteiger partial charge in [-0.3, -0.25) is 4.68 Å². The lowest BCUT2D eigenvalue weighted by Gasteiger charge is -2.21. The van der Waals surface area contributed by atoms with Crippen LogP contribution in [0.4, 0.5) is 8.78 Å². The summed E-state index contributed by atoms with van der Waals surface area (Å²) in [6, 6.07) is 7.92. The third-order valence-corrected chi connectivity index (χ3v) is 5.45. The topological polar surface area (TPSA) is 55.6 Å². The molecule has 1 N–H and O–H groups in total. The number of piperidine rings is 1. The summed E-state index contributed by atoms with van der Waals surface area (Å²) >= 11 is 0. The summed E-state index contributed by atoms with van der Waals surface area (Å²) in [6.45, 7) is 1.86. The molecule has 4 aromatic rings. The van der Waals surface area contributed by atoms with Gasteiger partial charge in [0.25, 0.3) is 0 Å². The van der Waals surface area contributed by atoms with E-state index in [1.807, 2.05) is 0 Å². The van der Waals surface area contributed by atoms with Gasteiger partial charge in [0.2, 0.25) is 0 Å². The summed E-state index contributed by atoms with van der Waals surface area (Å²) in [7, 11) is 1.78. The van der Waals surface area contributed by atoms with Crippen LogP contribution in [-0.2, 0) is 7.05 Å². The van der Waals surface area contributed by atoms with Crippen molar-refractivity contribution in [3.05, 3.63) is 53.9 Å². The summed E-state index contributed by atoms with van der Waals surface area (Å²) in [5.74, 6) is -0.560. The van der Waals surface area contributed by atoms with E-state index in [2.05, 4.69) is 20.6 Å². The molecule has 1 fully saturated rings. The number of fused-ring (bicyclic) bond motifs is 2. The Bertz CT molecular complexity index is 1190. The van der Waals surface area contributed by atoms with E-state index in [9.17, 15) is 8.78 Å². The zero-order valence-electron chi connectivity index (χ0n) is 15.4. The molecule has 1 aliphatic heterocycles. The van der Waals surface area contributed by atoms with Gasteiger partial charge in [0.1, 0.15) is 11.6 Å². The molecule has 0 saturated carbocycles. The highest BCUT2D eigenvalue weighted by molar-refractivity contribution is 5.89. The van der Waals surface area contributed by atoms with E-state index in [0.717, 1.165) is 37.0 Å². The molecule has 7 heteroatoms. The number of aryl methyl sites for hydroxylation is 1. The summed E-state index contributed by atoms with van der Waals surface area (Å²) in [5.41, 5.74) is 2.58. The van der Waals surface area contributed by atoms with Crippen LogP contribution in [0.2, 0.25) is 0 Å². The highest BCUT2D eigenvalue weighted by Gasteiger charge is 2.19. The van der Waals surface area contributed by atoms with Gasteiger partial charge >= 0.3 is 0 Å². The Morgan fingerprint density at radius 2 is 1.79 bits per heavy atom. The van der Waals surface area contributed by atoms with Crippen LogP contribution in [0.3, 0.4) is 0 Å². The van der Waals surface area contributed by atoms with E-state index in [-0.39, 0.29) is 0 Å². The van der Waals surface area contributed by atoms with E-state index in [1.165, 1.54) is 12.1 Å². The third-order valence-electron chi connectivity index (χ3n) is 5.45. The molecule has 1 saturated heterocycles. The second kappa shape index (κ2) is 6.60. The van der Waals surface area contributed by atoms with Gasteiger partial charge in [-0.15, -0.1) is 0 Å². The number of hydrogen-bond acceptors (Lipinski definition) is 4. The lowest BCUT2D eigenvalue weighted by molar-refractivity contribution is 0.451. The predicted molar refractivity (Wildman–Crippen MR) is 104 cm³/mol. The maximum Gasteiger partial charge on any atom is 0.133 e. The van der Waals surface area contributed by atoms with Crippen molar-refractivity contribution < 1.29 is 8.78 Å². The minimum absolute atomic E-state index is 0.294. The average Bonchev–Trinajstić information content (AvgIpc) is 3.06. The smallest absolute Gasteiger partial charge is 0.133 e. The molecule has 28 heavy (non-hydrogen) atoms. The molecule has 3 heterocycles. The summed E-state index contributed by atoms with van der Waals surface area (Å²) < 4.78 is 31.2. The molecule has 5 nitrogen and oxygen atoms in total. The van der Waals surface area contributed by atoms with Gasteiger partial charge < -0.3 is 5.32 Å². The van der Waals surface area contributed by atoms with Crippen molar-refractivity contribution in [2.45, 2.75) is 18.8 Å². The Kier molecular flexibility index (Phi) is 4.05. The summed E-state index contributed by atoms with van der Waals surface area (Å²) in [5, 5.41) is 17.3. The number of rotatable bonds is 2. The molecular weight excluding hydrogens is 360 g/mol. The fraction of sp³-hybridized carbons (Fsp3) is 0.286. The number of benzene rings is 2. The number of halogens is 2. The second-order valence-electron chi connectivity index (χ2n) is 7.38. The van der Waals surface area contributed by atoms with E-state index < -0.39 is 11.6 Å². The number of nitrogens with one attached hydrogen (secondary N) is 1. The minimum atomic E-state index is -0.441. The SMILES string of the molecule is Cn1cc2cc(-c3cc(F)c4cc(C5CCNCC5)nnc4c3)c(F)cc2n1. The van der Waals surface area contributed by atoms with Crippen molar-refractivity contribution in [1.29, 1.82) is 0 Å². The Labute approximate surface area is 160 Å². The van der Waals surface area contributed by atoms with Gasteiger partial charge in [-0.1, -0.05) is 0 Å².